The molecule has 0 aromatic heterocycles. The van der Waals surface area contributed by atoms with Crippen molar-refractivity contribution in [3.8, 4) is 0 Å². The first-order valence-corrected chi connectivity index (χ1v) is 10.6. The molecule has 0 radical (unpaired) electrons. The van der Waals surface area contributed by atoms with Crippen LogP contribution in [-0.2, 0) is 9.53 Å². The predicted molar refractivity (Wildman–Crippen MR) is 125 cm³/mol. The van der Waals surface area contributed by atoms with Crippen LogP contribution >= 0.6 is 0 Å². The minimum Gasteiger partial charge on any atom is -0.452 e. The summed E-state index contributed by atoms with van der Waals surface area (Å²) in [7, 11) is 0. The van der Waals surface area contributed by atoms with Crippen LogP contribution in [0.5, 0.6) is 0 Å². The van der Waals surface area contributed by atoms with Crippen LogP contribution in [0.1, 0.15) is 42.2 Å². The molecule has 10 nitrogen and oxygen atoms in total. The third-order valence-corrected chi connectivity index (χ3v) is 5.49. The first-order valence-electron chi connectivity index (χ1n) is 10.6. The van der Waals surface area contributed by atoms with Gasteiger partial charge in [0.1, 0.15) is 0 Å². The Labute approximate surface area is 203 Å². The van der Waals surface area contributed by atoms with Gasteiger partial charge in [0.2, 0.25) is 5.82 Å². The second-order valence-electron chi connectivity index (χ2n) is 8.04. The van der Waals surface area contributed by atoms with E-state index in [0.29, 0.717) is 5.69 Å². The molecule has 3 amide bonds. The van der Waals surface area contributed by atoms with E-state index < -0.39 is 46.7 Å². The number of halogens is 1. The highest BCUT2D eigenvalue weighted by Gasteiger charge is 2.38. The van der Waals surface area contributed by atoms with Crippen LogP contribution in [-0.4, -0.2) is 35.2 Å². The molecule has 36 heavy (non-hydrogen) atoms. The normalized spacial score (nSPS) is 12.4. The average Bonchev–Trinajstić information content (AvgIpc) is 3.09. The summed E-state index contributed by atoms with van der Waals surface area (Å²) in [5.74, 6) is -3.92. The van der Waals surface area contributed by atoms with Gasteiger partial charge in [0.05, 0.1) is 27.3 Å². The number of hydrogen-bond acceptors (Lipinski definition) is 7. The van der Waals surface area contributed by atoms with Crippen LogP contribution in [0.25, 0.3) is 0 Å². The average molecular weight is 491 g/mol. The highest BCUT2D eigenvalue weighted by molar-refractivity contribution is 6.35. The zero-order valence-electron chi connectivity index (χ0n) is 19.0. The van der Waals surface area contributed by atoms with Gasteiger partial charge >= 0.3 is 11.7 Å². The molecule has 1 N–H and O–H groups in total. The third kappa shape index (κ3) is 4.53. The van der Waals surface area contributed by atoms with Crippen molar-refractivity contribution in [3.05, 3.63) is 98.3 Å². The Kier molecular flexibility index (Phi) is 6.30. The number of nitro benzene ring substituents is 1. The number of aryl methyl sites for hydroxylation is 2. The summed E-state index contributed by atoms with van der Waals surface area (Å²) in [4.78, 5) is 61.4. The lowest BCUT2D eigenvalue weighted by Gasteiger charge is -2.17. The van der Waals surface area contributed by atoms with E-state index in [1.54, 1.807) is 19.1 Å². The molecule has 11 heteroatoms. The third-order valence-electron chi connectivity index (χ3n) is 5.49. The largest absolute Gasteiger partial charge is 0.452 e. The number of benzene rings is 3. The summed E-state index contributed by atoms with van der Waals surface area (Å²) < 4.78 is 18.4. The topological polar surface area (TPSA) is 136 Å². The molecular weight excluding hydrogens is 473 g/mol. The van der Waals surface area contributed by atoms with Crippen LogP contribution in [0.2, 0.25) is 0 Å². The van der Waals surface area contributed by atoms with E-state index in [0.717, 1.165) is 34.2 Å². The smallest absolute Gasteiger partial charge is 0.338 e. The molecule has 0 bridgehead atoms. The van der Waals surface area contributed by atoms with Crippen molar-refractivity contribution >= 4 is 40.8 Å². The quantitative estimate of drug-likeness (QED) is 0.239. The van der Waals surface area contributed by atoms with Crippen molar-refractivity contribution in [2.45, 2.75) is 13.8 Å². The summed E-state index contributed by atoms with van der Waals surface area (Å²) in [6.45, 7) is 2.86. The molecule has 1 aliphatic heterocycles. The SMILES string of the molecule is Cc1ccc(C)c(N2C(=O)c3ccc(C(=O)OCC(=O)Nc4ccc(F)c([N+](=O)[O-])c4)cc3C2=O)c1. The highest BCUT2D eigenvalue weighted by atomic mass is 19.1. The number of amides is 3. The van der Waals surface area contributed by atoms with Crippen LogP contribution in [0.4, 0.5) is 21.5 Å². The van der Waals surface area contributed by atoms with Gasteiger partial charge in [-0.25, -0.2) is 9.69 Å². The van der Waals surface area contributed by atoms with E-state index in [1.807, 2.05) is 13.0 Å². The fraction of sp³-hybridized carbons (Fsp3) is 0.120. The van der Waals surface area contributed by atoms with E-state index in [4.69, 9.17) is 4.74 Å². The van der Waals surface area contributed by atoms with Crippen LogP contribution in [0.15, 0.2) is 54.6 Å². The number of fused-ring (bicyclic) bond motifs is 1. The molecule has 0 fully saturated rings. The van der Waals surface area contributed by atoms with Crippen molar-refractivity contribution < 1.29 is 33.2 Å². The number of esters is 1. The Morgan fingerprint density at radius 1 is 1.00 bits per heavy atom. The van der Waals surface area contributed by atoms with Crippen molar-refractivity contribution in [2.24, 2.45) is 0 Å². The zero-order chi connectivity index (χ0) is 26.1. The predicted octanol–water partition coefficient (Wildman–Crippen LogP) is 3.95. The lowest BCUT2D eigenvalue weighted by atomic mass is 10.1. The Morgan fingerprint density at radius 2 is 1.72 bits per heavy atom. The maximum absolute atomic E-state index is 13.4. The number of nitrogens with one attached hydrogen (secondary N) is 1. The summed E-state index contributed by atoms with van der Waals surface area (Å²) in [6, 6.07) is 12.0. The van der Waals surface area contributed by atoms with Gasteiger partial charge in [0.15, 0.2) is 6.61 Å². The summed E-state index contributed by atoms with van der Waals surface area (Å²) >= 11 is 0. The minimum atomic E-state index is -1.06. The Hall–Kier alpha value is -4.93. The van der Waals surface area contributed by atoms with Crippen molar-refractivity contribution in [3.63, 3.8) is 0 Å². The van der Waals surface area contributed by atoms with Gasteiger partial charge in [0, 0.05) is 11.8 Å². The second-order valence-corrected chi connectivity index (χ2v) is 8.04. The molecule has 0 aliphatic carbocycles. The number of hydrogen-bond donors (Lipinski definition) is 1. The van der Waals surface area contributed by atoms with Crippen LogP contribution < -0.4 is 10.2 Å². The summed E-state index contributed by atoms with van der Waals surface area (Å²) in [5.41, 5.74) is 1.27. The fourth-order valence-electron chi connectivity index (χ4n) is 3.69. The molecule has 0 saturated heterocycles. The van der Waals surface area contributed by atoms with Gasteiger partial charge in [-0.15, -0.1) is 0 Å². The first kappa shape index (κ1) is 24.2. The van der Waals surface area contributed by atoms with Crippen molar-refractivity contribution in [1.82, 2.24) is 0 Å². The maximum Gasteiger partial charge on any atom is 0.338 e. The molecule has 1 aliphatic rings. The number of carbonyl (C=O) groups is 4. The number of nitro groups is 1. The fourth-order valence-corrected chi connectivity index (χ4v) is 3.69. The van der Waals surface area contributed by atoms with Gasteiger partial charge in [-0.05, 0) is 61.4 Å². The van der Waals surface area contributed by atoms with Gasteiger partial charge in [-0.3, -0.25) is 24.5 Å². The van der Waals surface area contributed by atoms with Gasteiger partial charge < -0.3 is 10.1 Å². The summed E-state index contributed by atoms with van der Waals surface area (Å²) in [6.07, 6.45) is 0. The minimum absolute atomic E-state index is 0.0263. The van der Waals surface area contributed by atoms with Gasteiger partial charge in [0.25, 0.3) is 17.7 Å². The Morgan fingerprint density at radius 3 is 2.44 bits per heavy atom. The van der Waals surface area contributed by atoms with Crippen molar-refractivity contribution in [1.29, 1.82) is 0 Å². The standard InChI is InChI=1S/C25H18FN3O7/c1-13-3-4-14(2)20(9-13)28-23(31)17-7-5-15(10-18(17)24(28)32)25(33)36-12-22(30)27-16-6-8-19(26)21(11-16)29(34)35/h3-11H,12H2,1-2H3,(H,27,30). The number of ether oxygens (including phenoxy) is 1. The van der Waals surface area contributed by atoms with E-state index in [2.05, 4.69) is 5.32 Å². The summed E-state index contributed by atoms with van der Waals surface area (Å²) in [5, 5.41) is 13.1. The first-order chi connectivity index (χ1) is 17.1. The van der Waals surface area contributed by atoms with E-state index in [9.17, 15) is 33.7 Å². The number of carbonyl (C=O) groups excluding carboxylic acids is 4. The number of anilines is 2. The van der Waals surface area contributed by atoms with E-state index in [-0.39, 0.29) is 22.4 Å². The molecule has 3 aromatic rings. The lowest BCUT2D eigenvalue weighted by Crippen LogP contribution is -2.30. The Bertz CT molecular complexity index is 1470. The molecule has 0 unspecified atom stereocenters. The highest BCUT2D eigenvalue weighted by Crippen LogP contribution is 2.32. The molecule has 182 valence electrons. The molecule has 1 heterocycles. The molecule has 0 atom stereocenters. The van der Waals surface area contributed by atoms with E-state index >= 15 is 0 Å². The van der Waals surface area contributed by atoms with Crippen molar-refractivity contribution in [2.75, 3.05) is 16.8 Å². The number of rotatable bonds is 6. The second kappa shape index (κ2) is 9.37. The number of nitrogens with zero attached hydrogens (tertiary/aromatic N) is 2. The van der Waals surface area contributed by atoms with Crippen LogP contribution in [0, 0.1) is 29.8 Å². The van der Waals surface area contributed by atoms with Crippen LogP contribution in [0.3, 0.4) is 0 Å². The zero-order valence-corrected chi connectivity index (χ0v) is 19.0. The van der Waals surface area contributed by atoms with E-state index in [1.165, 1.54) is 18.2 Å². The molecule has 0 spiro atoms. The maximum atomic E-state index is 13.4. The number of imide groups is 1. The van der Waals surface area contributed by atoms with Gasteiger partial charge in [-0.2, -0.15) is 4.39 Å². The molecular formula is C25H18FN3O7. The molecule has 4 rings (SSSR count). The van der Waals surface area contributed by atoms with Gasteiger partial charge in [-0.1, -0.05) is 12.1 Å². The molecule has 0 saturated carbocycles. The lowest BCUT2D eigenvalue weighted by molar-refractivity contribution is -0.387. The molecule has 3 aromatic carbocycles. The Balaban J connectivity index is 1.45. The monoisotopic (exact) mass is 491 g/mol.